The molecular formula is C10H14O4. The van der Waals surface area contributed by atoms with Gasteiger partial charge in [0, 0.05) is 0 Å². The predicted molar refractivity (Wildman–Crippen MR) is 49.6 cm³/mol. The van der Waals surface area contributed by atoms with Crippen molar-refractivity contribution in [3.63, 3.8) is 0 Å². The first-order valence-electron chi connectivity index (χ1n) is 4.52. The van der Waals surface area contributed by atoms with Gasteiger partial charge < -0.3 is 9.84 Å². The Morgan fingerprint density at radius 2 is 2.14 bits per heavy atom. The number of hydrogen-bond donors (Lipinski definition) is 1. The van der Waals surface area contributed by atoms with Crippen molar-refractivity contribution >= 4 is 11.9 Å². The molecule has 4 heteroatoms. The number of carbonyl (C=O) groups is 2. The van der Waals surface area contributed by atoms with E-state index in [4.69, 9.17) is 5.11 Å². The third-order valence-corrected chi connectivity index (χ3v) is 2.57. The summed E-state index contributed by atoms with van der Waals surface area (Å²) in [7, 11) is 1.28. The summed E-state index contributed by atoms with van der Waals surface area (Å²) >= 11 is 0. The van der Waals surface area contributed by atoms with Crippen LogP contribution in [0, 0.1) is 11.8 Å². The summed E-state index contributed by atoms with van der Waals surface area (Å²) in [4.78, 5) is 22.2. The number of carbonyl (C=O) groups excluding carboxylic acids is 1. The smallest absolute Gasteiger partial charge is 0.309 e. The molecule has 1 aliphatic rings. The highest BCUT2D eigenvalue weighted by Crippen LogP contribution is 2.30. The van der Waals surface area contributed by atoms with E-state index in [0.717, 1.165) is 5.57 Å². The largest absolute Gasteiger partial charge is 0.481 e. The molecule has 78 valence electrons. The fourth-order valence-corrected chi connectivity index (χ4v) is 1.74. The van der Waals surface area contributed by atoms with Gasteiger partial charge in [-0.1, -0.05) is 11.6 Å². The zero-order chi connectivity index (χ0) is 10.7. The summed E-state index contributed by atoms with van der Waals surface area (Å²) in [6.07, 6.45) is 2.81. The molecule has 0 amide bonds. The van der Waals surface area contributed by atoms with E-state index in [1.165, 1.54) is 7.11 Å². The fourth-order valence-electron chi connectivity index (χ4n) is 1.74. The van der Waals surface area contributed by atoms with Crippen LogP contribution < -0.4 is 0 Å². The van der Waals surface area contributed by atoms with Gasteiger partial charge in [-0.15, -0.1) is 0 Å². The van der Waals surface area contributed by atoms with Gasteiger partial charge in [-0.3, -0.25) is 9.59 Å². The van der Waals surface area contributed by atoms with Gasteiger partial charge in [0.15, 0.2) is 0 Å². The molecule has 1 N–H and O–H groups in total. The lowest BCUT2D eigenvalue weighted by molar-refractivity contribution is -0.156. The Bertz CT molecular complexity index is 280. The highest BCUT2D eigenvalue weighted by molar-refractivity contribution is 5.81. The van der Waals surface area contributed by atoms with Crippen molar-refractivity contribution in [1.29, 1.82) is 0 Å². The topological polar surface area (TPSA) is 63.6 Å². The zero-order valence-corrected chi connectivity index (χ0v) is 8.32. The molecule has 14 heavy (non-hydrogen) atoms. The normalized spacial score (nSPS) is 26.6. The van der Waals surface area contributed by atoms with Crippen molar-refractivity contribution in [3.8, 4) is 0 Å². The quantitative estimate of drug-likeness (QED) is 0.535. The summed E-state index contributed by atoms with van der Waals surface area (Å²) in [5, 5.41) is 8.94. The van der Waals surface area contributed by atoms with Crippen LogP contribution in [0.2, 0.25) is 0 Å². The number of allylic oxidation sites excluding steroid dienone is 2. The molecule has 0 aromatic carbocycles. The van der Waals surface area contributed by atoms with Gasteiger partial charge in [-0.25, -0.2) is 0 Å². The minimum Gasteiger partial charge on any atom is -0.481 e. The average Bonchev–Trinajstić information content (AvgIpc) is 2.16. The first kappa shape index (κ1) is 10.8. The maximum Gasteiger partial charge on any atom is 0.309 e. The van der Waals surface area contributed by atoms with Gasteiger partial charge in [0.1, 0.15) is 0 Å². The Morgan fingerprint density at radius 1 is 1.50 bits per heavy atom. The number of rotatable bonds is 2. The summed E-state index contributed by atoms with van der Waals surface area (Å²) < 4.78 is 4.57. The fraction of sp³-hybridized carbons (Fsp3) is 0.600. The first-order chi connectivity index (χ1) is 6.56. The summed E-state index contributed by atoms with van der Waals surface area (Å²) in [6.45, 7) is 1.88. The lowest BCUT2D eigenvalue weighted by Crippen LogP contribution is -2.32. The molecule has 0 saturated heterocycles. The number of methoxy groups -OCH3 is 1. The van der Waals surface area contributed by atoms with Crippen LogP contribution in [0.4, 0.5) is 0 Å². The number of ether oxygens (including phenoxy) is 1. The van der Waals surface area contributed by atoms with Crippen LogP contribution in [-0.2, 0) is 14.3 Å². The van der Waals surface area contributed by atoms with Crippen molar-refractivity contribution < 1.29 is 19.4 Å². The number of carboxylic acids is 1. The van der Waals surface area contributed by atoms with Gasteiger partial charge >= 0.3 is 11.9 Å². The molecule has 4 nitrogen and oxygen atoms in total. The number of aliphatic carboxylic acids is 1. The Labute approximate surface area is 82.6 Å². The SMILES string of the molecule is COC(=O)[C@H]1CC=C(C)C[C@H]1C(=O)O. The zero-order valence-electron chi connectivity index (χ0n) is 8.32. The number of esters is 1. The summed E-state index contributed by atoms with van der Waals surface area (Å²) in [5.74, 6) is -2.51. The van der Waals surface area contributed by atoms with E-state index in [0.29, 0.717) is 12.8 Å². The van der Waals surface area contributed by atoms with E-state index in [1.807, 2.05) is 13.0 Å². The number of carboxylic acid groups (broad SMARTS) is 1. The van der Waals surface area contributed by atoms with Crippen LogP contribution >= 0.6 is 0 Å². The highest BCUT2D eigenvalue weighted by atomic mass is 16.5. The Morgan fingerprint density at radius 3 is 2.64 bits per heavy atom. The van der Waals surface area contributed by atoms with Gasteiger partial charge in [0.05, 0.1) is 18.9 Å². The van der Waals surface area contributed by atoms with Crippen molar-refractivity contribution in [2.75, 3.05) is 7.11 Å². The lowest BCUT2D eigenvalue weighted by atomic mass is 9.80. The van der Waals surface area contributed by atoms with Crippen LogP contribution in [0.3, 0.4) is 0 Å². The van der Waals surface area contributed by atoms with Crippen molar-refractivity contribution in [1.82, 2.24) is 0 Å². The van der Waals surface area contributed by atoms with E-state index in [2.05, 4.69) is 4.74 Å². The molecule has 1 rings (SSSR count). The predicted octanol–water partition coefficient (Wildman–Crippen LogP) is 1.22. The Balaban J connectivity index is 2.82. The first-order valence-corrected chi connectivity index (χ1v) is 4.52. The van der Waals surface area contributed by atoms with E-state index in [1.54, 1.807) is 0 Å². The van der Waals surface area contributed by atoms with Crippen LogP contribution in [-0.4, -0.2) is 24.2 Å². The Kier molecular flexibility index (Phi) is 3.28. The van der Waals surface area contributed by atoms with Gasteiger partial charge in [0.25, 0.3) is 0 Å². The standard InChI is InChI=1S/C10H14O4/c1-6-3-4-7(10(13)14-2)8(5-6)9(11)12/h3,7-8H,4-5H2,1-2H3,(H,11,12)/t7-,8+/m0/s1. The molecule has 0 heterocycles. The number of hydrogen-bond acceptors (Lipinski definition) is 3. The van der Waals surface area contributed by atoms with Gasteiger partial charge in [0.2, 0.25) is 0 Å². The summed E-state index contributed by atoms with van der Waals surface area (Å²) in [6, 6.07) is 0. The second-order valence-corrected chi connectivity index (χ2v) is 3.56. The van der Waals surface area contributed by atoms with E-state index >= 15 is 0 Å². The van der Waals surface area contributed by atoms with Crippen LogP contribution in [0.5, 0.6) is 0 Å². The molecule has 1 aliphatic carbocycles. The molecule has 2 atom stereocenters. The van der Waals surface area contributed by atoms with E-state index < -0.39 is 23.8 Å². The molecule has 0 saturated carbocycles. The van der Waals surface area contributed by atoms with Crippen molar-refractivity contribution in [2.24, 2.45) is 11.8 Å². The Hall–Kier alpha value is -1.32. The van der Waals surface area contributed by atoms with Gasteiger partial charge in [-0.05, 0) is 19.8 Å². The van der Waals surface area contributed by atoms with Crippen molar-refractivity contribution in [3.05, 3.63) is 11.6 Å². The molecule has 0 aliphatic heterocycles. The van der Waals surface area contributed by atoms with Crippen molar-refractivity contribution in [2.45, 2.75) is 19.8 Å². The lowest BCUT2D eigenvalue weighted by Gasteiger charge is -2.25. The molecule has 0 bridgehead atoms. The monoisotopic (exact) mass is 198 g/mol. The second-order valence-electron chi connectivity index (χ2n) is 3.56. The highest BCUT2D eigenvalue weighted by Gasteiger charge is 2.35. The minimum atomic E-state index is -0.923. The second kappa shape index (κ2) is 4.26. The van der Waals surface area contributed by atoms with Crippen LogP contribution in [0.1, 0.15) is 19.8 Å². The molecule has 0 aromatic rings. The average molecular weight is 198 g/mol. The minimum absolute atomic E-state index is 0.429. The van der Waals surface area contributed by atoms with E-state index in [9.17, 15) is 9.59 Å². The van der Waals surface area contributed by atoms with E-state index in [-0.39, 0.29) is 0 Å². The summed E-state index contributed by atoms with van der Waals surface area (Å²) in [5.41, 5.74) is 1.03. The van der Waals surface area contributed by atoms with Gasteiger partial charge in [-0.2, -0.15) is 0 Å². The third-order valence-electron chi connectivity index (χ3n) is 2.57. The van der Waals surface area contributed by atoms with Crippen LogP contribution in [0.15, 0.2) is 11.6 Å². The maximum absolute atomic E-state index is 11.3. The molecule has 0 radical (unpaired) electrons. The molecular weight excluding hydrogens is 184 g/mol. The molecule has 0 fully saturated rings. The molecule has 0 aromatic heterocycles. The molecule has 0 unspecified atom stereocenters. The third kappa shape index (κ3) is 2.13. The molecule has 0 spiro atoms. The van der Waals surface area contributed by atoms with Crippen LogP contribution in [0.25, 0.3) is 0 Å². The maximum atomic E-state index is 11.3.